The number of rotatable bonds is 7. The molecule has 184 valence electrons. The van der Waals surface area contributed by atoms with Crippen LogP contribution in [0.4, 0.5) is 10.5 Å². The number of halogens is 2. The highest BCUT2D eigenvalue weighted by atomic mass is 35.5. The van der Waals surface area contributed by atoms with Gasteiger partial charge in [0.25, 0.3) is 0 Å². The minimum absolute atomic E-state index is 0.0124. The zero-order chi connectivity index (χ0) is 24.7. The van der Waals surface area contributed by atoms with Gasteiger partial charge in [0.1, 0.15) is 6.61 Å². The van der Waals surface area contributed by atoms with Gasteiger partial charge in [0.2, 0.25) is 5.91 Å². The van der Waals surface area contributed by atoms with Crippen molar-refractivity contribution in [2.45, 2.75) is 63.3 Å². The first-order valence-electron chi connectivity index (χ1n) is 11.9. The zero-order valence-electron chi connectivity index (χ0n) is 19.0. The van der Waals surface area contributed by atoms with Crippen LogP contribution in [0, 0.1) is 5.92 Å². The van der Waals surface area contributed by atoms with E-state index in [1.165, 1.54) is 0 Å². The smallest absolute Gasteiger partial charge is 0.414 e. The van der Waals surface area contributed by atoms with Crippen LogP contribution in [0.1, 0.15) is 55.7 Å². The van der Waals surface area contributed by atoms with Crippen LogP contribution in [0.15, 0.2) is 42.5 Å². The summed E-state index contributed by atoms with van der Waals surface area (Å²) in [6.45, 7) is 0.148. The number of nitrogens with zero attached hydrogens (tertiary/aromatic N) is 2. The Labute approximate surface area is 213 Å². The molecule has 2 amide bonds. The van der Waals surface area contributed by atoms with Crippen molar-refractivity contribution in [2.24, 2.45) is 5.92 Å². The van der Waals surface area contributed by atoms with Crippen molar-refractivity contribution >= 4 is 46.9 Å². The molecule has 35 heavy (non-hydrogen) atoms. The summed E-state index contributed by atoms with van der Waals surface area (Å²) in [5.41, 5.74) is 2.24. The van der Waals surface area contributed by atoms with E-state index in [0.29, 0.717) is 15.7 Å². The number of carboxylic acid groups (broad SMARTS) is 1. The van der Waals surface area contributed by atoms with E-state index < -0.39 is 12.1 Å². The van der Waals surface area contributed by atoms with E-state index in [0.717, 1.165) is 36.8 Å². The largest absolute Gasteiger partial charge is 0.481 e. The molecule has 2 aliphatic carbocycles. The first-order valence-corrected chi connectivity index (χ1v) is 12.6. The van der Waals surface area contributed by atoms with Gasteiger partial charge in [-0.05, 0) is 43.4 Å². The minimum atomic E-state index is -0.998. The molecule has 9 heteroatoms. The second-order valence-electron chi connectivity index (χ2n) is 9.41. The van der Waals surface area contributed by atoms with Crippen LogP contribution in [0.3, 0.4) is 0 Å². The maximum absolute atomic E-state index is 13.3. The maximum atomic E-state index is 13.3. The van der Waals surface area contributed by atoms with Crippen LogP contribution >= 0.6 is 23.2 Å². The number of carboxylic acids is 1. The van der Waals surface area contributed by atoms with Crippen LogP contribution in [0.2, 0.25) is 10.0 Å². The number of aliphatic carboxylic acids is 1. The van der Waals surface area contributed by atoms with Gasteiger partial charge in [0.05, 0.1) is 28.2 Å². The van der Waals surface area contributed by atoms with E-state index >= 15 is 0 Å². The highest BCUT2D eigenvalue weighted by Crippen LogP contribution is 2.55. The lowest BCUT2D eigenvalue weighted by Gasteiger charge is -2.54. The lowest BCUT2D eigenvalue weighted by molar-refractivity contribution is -0.143. The SMILES string of the molecule is O=C(O)CCC(=O)N(C1CC1)C1c2cc(Cl)c(Cl)cc2N(C(=O)OCc2ccccc2)C2CCC21. The Morgan fingerprint density at radius 2 is 1.71 bits per heavy atom. The molecule has 2 saturated carbocycles. The van der Waals surface area contributed by atoms with Crippen molar-refractivity contribution in [3.8, 4) is 0 Å². The van der Waals surface area contributed by atoms with Gasteiger partial charge in [-0.3, -0.25) is 14.5 Å². The molecule has 1 aliphatic heterocycles. The van der Waals surface area contributed by atoms with Crippen molar-refractivity contribution in [2.75, 3.05) is 4.90 Å². The number of anilines is 1. The quantitative estimate of drug-likeness (QED) is 0.500. The molecule has 0 bridgehead atoms. The van der Waals surface area contributed by atoms with E-state index in [4.69, 9.17) is 33.0 Å². The molecule has 0 spiro atoms. The van der Waals surface area contributed by atoms with E-state index in [1.54, 1.807) is 17.0 Å². The fraction of sp³-hybridized carbons (Fsp3) is 0.423. The van der Waals surface area contributed by atoms with Gasteiger partial charge in [-0.15, -0.1) is 0 Å². The van der Waals surface area contributed by atoms with Gasteiger partial charge in [-0.1, -0.05) is 53.5 Å². The summed E-state index contributed by atoms with van der Waals surface area (Å²) < 4.78 is 5.68. The van der Waals surface area contributed by atoms with Crippen molar-refractivity contribution in [1.82, 2.24) is 4.90 Å². The third-order valence-electron chi connectivity index (χ3n) is 7.16. The lowest BCUT2D eigenvalue weighted by atomic mass is 9.68. The fourth-order valence-electron chi connectivity index (χ4n) is 5.26. The molecule has 0 saturated heterocycles. The molecular formula is C26H26Cl2N2O5. The minimum Gasteiger partial charge on any atom is -0.481 e. The van der Waals surface area contributed by atoms with Crippen molar-refractivity contribution in [1.29, 1.82) is 0 Å². The van der Waals surface area contributed by atoms with E-state index in [-0.39, 0.29) is 49.4 Å². The average molecular weight is 517 g/mol. The zero-order valence-corrected chi connectivity index (χ0v) is 20.5. The summed E-state index contributed by atoms with van der Waals surface area (Å²) in [7, 11) is 0. The Balaban J connectivity index is 1.49. The molecule has 1 heterocycles. The number of ether oxygens (including phenoxy) is 1. The first kappa shape index (κ1) is 23.9. The van der Waals surface area contributed by atoms with Crippen LogP contribution in [0.5, 0.6) is 0 Å². The van der Waals surface area contributed by atoms with Crippen LogP contribution in [0.25, 0.3) is 0 Å². The van der Waals surface area contributed by atoms with E-state index in [2.05, 4.69) is 0 Å². The summed E-state index contributed by atoms with van der Waals surface area (Å²) >= 11 is 12.8. The molecule has 1 N–H and O–H groups in total. The van der Waals surface area contributed by atoms with Gasteiger partial charge in [0.15, 0.2) is 0 Å². The first-order chi connectivity index (χ1) is 16.8. The normalized spacial score (nSPS) is 22.5. The molecule has 7 nitrogen and oxygen atoms in total. The summed E-state index contributed by atoms with van der Waals surface area (Å²) in [5, 5.41) is 9.77. The lowest BCUT2D eigenvalue weighted by Crippen LogP contribution is -2.59. The Hall–Kier alpha value is -2.77. The number of hydrogen-bond donors (Lipinski definition) is 1. The Bertz CT molecular complexity index is 1150. The number of carbonyl (C=O) groups is 3. The number of carbonyl (C=O) groups excluding carboxylic acids is 2. The molecular weight excluding hydrogens is 491 g/mol. The summed E-state index contributed by atoms with van der Waals surface area (Å²) in [6, 6.07) is 12.5. The second-order valence-corrected chi connectivity index (χ2v) is 10.2. The average Bonchev–Trinajstić information content (AvgIpc) is 3.65. The molecule has 0 aromatic heterocycles. The van der Waals surface area contributed by atoms with E-state index in [9.17, 15) is 14.4 Å². The van der Waals surface area contributed by atoms with Gasteiger partial charge < -0.3 is 14.7 Å². The molecule has 2 aromatic carbocycles. The predicted molar refractivity (Wildman–Crippen MR) is 132 cm³/mol. The van der Waals surface area contributed by atoms with Crippen molar-refractivity contribution < 1.29 is 24.2 Å². The fourth-order valence-corrected chi connectivity index (χ4v) is 5.59. The standard InChI is InChI=1S/C26H26Cl2N2O5/c27-19-12-18-22(13-20(19)28)30(26(34)35-14-15-4-2-1-3-5-15)21-9-8-17(21)25(18)29(16-6-7-16)23(31)10-11-24(32)33/h1-5,12-13,16-17,21,25H,6-11,14H2,(H,32,33). The molecule has 3 atom stereocenters. The summed E-state index contributed by atoms with van der Waals surface area (Å²) in [4.78, 5) is 41.2. The molecule has 5 rings (SSSR count). The van der Waals surface area contributed by atoms with Crippen LogP contribution in [-0.2, 0) is 20.9 Å². The predicted octanol–water partition coefficient (Wildman–Crippen LogP) is 5.83. The monoisotopic (exact) mass is 516 g/mol. The molecule has 2 aromatic rings. The third kappa shape index (κ3) is 4.71. The Kier molecular flexibility index (Phi) is 6.64. The van der Waals surface area contributed by atoms with Crippen LogP contribution in [-0.4, -0.2) is 40.1 Å². The summed E-state index contributed by atoms with van der Waals surface area (Å²) in [6.07, 6.45) is 2.65. The van der Waals surface area contributed by atoms with Gasteiger partial charge >= 0.3 is 12.1 Å². The Morgan fingerprint density at radius 3 is 2.34 bits per heavy atom. The maximum Gasteiger partial charge on any atom is 0.414 e. The van der Waals surface area contributed by atoms with Crippen LogP contribution < -0.4 is 4.90 Å². The highest BCUT2D eigenvalue weighted by Gasteiger charge is 2.54. The molecule has 0 radical (unpaired) electrons. The summed E-state index contributed by atoms with van der Waals surface area (Å²) in [5.74, 6) is -1.16. The number of benzene rings is 2. The topological polar surface area (TPSA) is 87.2 Å². The number of hydrogen-bond acceptors (Lipinski definition) is 4. The number of fused-ring (bicyclic) bond motifs is 2. The third-order valence-corrected chi connectivity index (χ3v) is 7.88. The molecule has 2 fully saturated rings. The van der Waals surface area contributed by atoms with Gasteiger partial charge in [0, 0.05) is 30.0 Å². The second kappa shape index (κ2) is 9.70. The van der Waals surface area contributed by atoms with Gasteiger partial charge in [-0.2, -0.15) is 0 Å². The molecule has 3 aliphatic rings. The number of amides is 2. The van der Waals surface area contributed by atoms with Crippen molar-refractivity contribution in [3.05, 3.63) is 63.6 Å². The van der Waals surface area contributed by atoms with Gasteiger partial charge in [-0.25, -0.2) is 4.79 Å². The molecule has 3 unspecified atom stereocenters. The Morgan fingerprint density at radius 1 is 1.00 bits per heavy atom. The van der Waals surface area contributed by atoms with Crippen molar-refractivity contribution in [3.63, 3.8) is 0 Å². The highest BCUT2D eigenvalue weighted by molar-refractivity contribution is 6.42. The van der Waals surface area contributed by atoms with E-state index in [1.807, 2.05) is 35.2 Å².